The van der Waals surface area contributed by atoms with Crippen molar-refractivity contribution < 1.29 is 4.74 Å². The molecule has 3 heteroatoms. The minimum absolute atomic E-state index is 0. The predicted octanol–water partition coefficient (Wildman–Crippen LogP) is 2.38. The second kappa shape index (κ2) is 6.47. The molecule has 85 valence electrons. The summed E-state index contributed by atoms with van der Waals surface area (Å²) < 4.78 is 5.16. The lowest BCUT2D eigenvalue weighted by Gasteiger charge is -2.13. The van der Waals surface area contributed by atoms with Crippen LogP contribution in [0.5, 0.6) is 5.75 Å². The quantitative estimate of drug-likeness (QED) is 0.592. The molecule has 0 saturated heterocycles. The van der Waals surface area contributed by atoms with E-state index in [1.54, 1.807) is 7.11 Å². The molecule has 2 rings (SSSR count). The summed E-state index contributed by atoms with van der Waals surface area (Å²) in [6, 6.07) is 19.0. The lowest BCUT2D eigenvalue weighted by Crippen LogP contribution is -2.09. The number of benzene rings is 2. The molecule has 0 aliphatic rings. The van der Waals surface area contributed by atoms with Crippen LogP contribution in [0, 0.1) is 0 Å². The third kappa shape index (κ3) is 3.34. The molecule has 3 radical (unpaired) electrons. The highest BCUT2D eigenvalue weighted by Gasteiger charge is 2.06. The largest absolute Gasteiger partial charge is 0.497 e. The summed E-state index contributed by atoms with van der Waals surface area (Å²) in [5.74, 6) is 0.917. The van der Waals surface area contributed by atoms with Crippen molar-refractivity contribution in [3.8, 4) is 5.75 Å². The van der Waals surface area contributed by atoms with E-state index in [4.69, 9.17) is 4.74 Å². The Kier molecular flexibility index (Phi) is 5.25. The zero-order valence-corrected chi connectivity index (χ0v) is 11.0. The van der Waals surface area contributed by atoms with Crippen molar-refractivity contribution in [2.75, 3.05) is 13.8 Å². The zero-order valence-electron chi connectivity index (χ0n) is 10.1. The first-order valence-corrected chi connectivity index (χ1v) is 7.03. The Morgan fingerprint density at radius 1 is 0.824 bits per heavy atom. The first kappa shape index (κ1) is 13.8. The molecule has 1 nitrogen and oxygen atoms in total. The second-order valence-electron chi connectivity index (χ2n) is 3.59. The fraction of sp³-hybridized carbons (Fsp3) is 0.143. The maximum atomic E-state index is 5.16. The van der Waals surface area contributed by atoms with Gasteiger partial charge in [0, 0.05) is 8.41 Å². The second-order valence-corrected chi connectivity index (χ2v) is 5.74. The van der Waals surface area contributed by atoms with E-state index >= 15 is 0 Å². The molecule has 1 atom stereocenters. The average molecular weight is 241 g/mol. The fourth-order valence-electron chi connectivity index (χ4n) is 1.61. The van der Waals surface area contributed by atoms with Gasteiger partial charge in [0.1, 0.15) is 5.75 Å². The highest BCUT2D eigenvalue weighted by Crippen LogP contribution is 2.28. The molecule has 0 amide bonds. The van der Waals surface area contributed by atoms with E-state index in [2.05, 4.69) is 49.1 Å². The van der Waals surface area contributed by atoms with Crippen LogP contribution in [0.25, 0.3) is 0 Å². The third-order valence-electron chi connectivity index (χ3n) is 2.60. The Balaban J connectivity index is 0.00000144. The molecule has 0 fully saturated rings. The SMILES string of the molecule is COc1ccc([P@@](C)c2ccccc2)cc1.[B]. The van der Waals surface area contributed by atoms with Gasteiger partial charge in [0.15, 0.2) is 0 Å². The number of hydrogen-bond acceptors (Lipinski definition) is 1. The smallest absolute Gasteiger partial charge is 0.118 e. The molecule has 2 aromatic rings. The van der Waals surface area contributed by atoms with E-state index in [9.17, 15) is 0 Å². The van der Waals surface area contributed by atoms with Gasteiger partial charge >= 0.3 is 0 Å². The van der Waals surface area contributed by atoms with Gasteiger partial charge in [-0.25, -0.2) is 0 Å². The van der Waals surface area contributed by atoms with Gasteiger partial charge in [0.2, 0.25) is 0 Å². The van der Waals surface area contributed by atoms with Crippen molar-refractivity contribution in [2.24, 2.45) is 0 Å². The average Bonchev–Trinajstić information content (AvgIpc) is 2.39. The highest BCUT2D eigenvalue weighted by atomic mass is 31.1. The molecule has 0 aliphatic heterocycles. The molecule has 0 N–H and O–H groups in total. The van der Waals surface area contributed by atoms with Crippen molar-refractivity contribution in [1.29, 1.82) is 0 Å². The van der Waals surface area contributed by atoms with Crippen molar-refractivity contribution in [1.82, 2.24) is 0 Å². The number of ether oxygens (including phenoxy) is 1. The van der Waals surface area contributed by atoms with Gasteiger partial charge in [0.05, 0.1) is 7.11 Å². The minimum atomic E-state index is -0.244. The third-order valence-corrected chi connectivity index (χ3v) is 4.75. The van der Waals surface area contributed by atoms with E-state index in [0.29, 0.717) is 0 Å². The van der Waals surface area contributed by atoms with Gasteiger partial charge in [-0.3, -0.25) is 0 Å². The highest BCUT2D eigenvalue weighted by molar-refractivity contribution is 7.72. The van der Waals surface area contributed by atoms with Crippen LogP contribution in [0.4, 0.5) is 0 Å². The summed E-state index contributed by atoms with van der Waals surface area (Å²) in [7, 11) is 1.45. The molecular weight excluding hydrogens is 226 g/mol. The molecular formula is C14H15BOP. The maximum Gasteiger partial charge on any atom is 0.118 e. The maximum absolute atomic E-state index is 5.16. The fourth-order valence-corrected chi connectivity index (χ4v) is 3.12. The summed E-state index contributed by atoms with van der Waals surface area (Å²) in [5.41, 5.74) is 0. The van der Waals surface area contributed by atoms with Crippen LogP contribution in [0.1, 0.15) is 0 Å². The summed E-state index contributed by atoms with van der Waals surface area (Å²) >= 11 is 0. The van der Waals surface area contributed by atoms with E-state index in [1.807, 2.05) is 12.1 Å². The van der Waals surface area contributed by atoms with Crippen molar-refractivity contribution in [2.45, 2.75) is 0 Å². The van der Waals surface area contributed by atoms with Gasteiger partial charge < -0.3 is 4.74 Å². The van der Waals surface area contributed by atoms with Crippen LogP contribution < -0.4 is 15.3 Å². The van der Waals surface area contributed by atoms with Gasteiger partial charge in [-0.1, -0.05) is 42.5 Å². The van der Waals surface area contributed by atoms with Gasteiger partial charge in [-0.15, -0.1) is 0 Å². The van der Waals surface area contributed by atoms with Gasteiger partial charge in [-0.2, -0.15) is 0 Å². The van der Waals surface area contributed by atoms with E-state index < -0.39 is 0 Å². The van der Waals surface area contributed by atoms with Gasteiger partial charge in [0.25, 0.3) is 0 Å². The summed E-state index contributed by atoms with van der Waals surface area (Å²) in [6.07, 6.45) is 0. The summed E-state index contributed by atoms with van der Waals surface area (Å²) in [4.78, 5) is 0. The molecule has 0 bridgehead atoms. The molecule has 0 unspecified atom stereocenters. The summed E-state index contributed by atoms with van der Waals surface area (Å²) in [5, 5.41) is 2.78. The van der Waals surface area contributed by atoms with Crippen LogP contribution >= 0.6 is 7.92 Å². The molecule has 2 aromatic carbocycles. The molecule has 0 spiro atoms. The van der Waals surface area contributed by atoms with Crippen molar-refractivity contribution in [3.63, 3.8) is 0 Å². The van der Waals surface area contributed by atoms with Crippen molar-refractivity contribution >= 4 is 26.9 Å². The Morgan fingerprint density at radius 2 is 1.35 bits per heavy atom. The number of methoxy groups -OCH3 is 1. The first-order chi connectivity index (χ1) is 7.81. The number of hydrogen-bond donors (Lipinski definition) is 0. The molecule has 0 aliphatic carbocycles. The number of rotatable bonds is 3. The standard InChI is InChI=1S/C14H15OP.B/c1-15-12-8-10-14(11-9-12)16(2)13-6-4-3-5-7-13;/h3-11H,1-2H3;/t16-;/m0./s1. The Hall–Kier alpha value is -1.27. The Morgan fingerprint density at radius 3 is 1.88 bits per heavy atom. The van der Waals surface area contributed by atoms with Crippen LogP contribution in [0.2, 0.25) is 0 Å². The van der Waals surface area contributed by atoms with E-state index in [-0.39, 0.29) is 16.3 Å². The lowest BCUT2D eigenvalue weighted by molar-refractivity contribution is 0.415. The molecule has 17 heavy (non-hydrogen) atoms. The normalized spacial score (nSPS) is 11.4. The Bertz CT molecular complexity index is 442. The first-order valence-electron chi connectivity index (χ1n) is 5.24. The molecule has 0 heterocycles. The predicted molar refractivity (Wildman–Crippen MR) is 77.3 cm³/mol. The molecule has 0 saturated carbocycles. The van der Waals surface area contributed by atoms with Crippen molar-refractivity contribution in [3.05, 3.63) is 54.6 Å². The van der Waals surface area contributed by atoms with Crippen LogP contribution in [-0.4, -0.2) is 22.2 Å². The lowest BCUT2D eigenvalue weighted by atomic mass is 10.3. The zero-order chi connectivity index (χ0) is 11.4. The van der Waals surface area contributed by atoms with Crippen LogP contribution in [0.15, 0.2) is 54.6 Å². The van der Waals surface area contributed by atoms with Gasteiger partial charge in [-0.05, 0) is 37.3 Å². The summed E-state index contributed by atoms with van der Waals surface area (Å²) in [6.45, 7) is 2.28. The van der Waals surface area contributed by atoms with E-state index in [1.165, 1.54) is 10.6 Å². The molecule has 0 aromatic heterocycles. The van der Waals surface area contributed by atoms with E-state index in [0.717, 1.165) is 5.75 Å². The Labute approximate surface area is 106 Å². The van der Waals surface area contributed by atoms with Crippen LogP contribution in [0.3, 0.4) is 0 Å². The monoisotopic (exact) mass is 241 g/mol. The minimum Gasteiger partial charge on any atom is -0.497 e. The van der Waals surface area contributed by atoms with Crippen LogP contribution in [-0.2, 0) is 0 Å². The topological polar surface area (TPSA) is 9.23 Å².